The summed E-state index contributed by atoms with van der Waals surface area (Å²) in [5.74, 6) is 0. The third-order valence-electron chi connectivity index (χ3n) is 4.49. The number of aromatic nitrogens is 1. The third-order valence-corrected chi connectivity index (χ3v) is 6.30. The van der Waals surface area contributed by atoms with E-state index in [2.05, 4.69) is 9.71 Å². The van der Waals surface area contributed by atoms with Gasteiger partial charge in [-0.15, -0.1) is 0 Å². The van der Waals surface area contributed by atoms with E-state index in [1.165, 1.54) is 7.11 Å². The maximum Gasteiger partial charge on any atom is 0.496 e. The molecule has 0 amide bonds. The molecule has 0 atom stereocenters. The van der Waals surface area contributed by atoms with Gasteiger partial charge in [0.2, 0.25) is 10.0 Å². The number of pyridine rings is 1. The smallest absolute Gasteiger partial charge is 0.399 e. The number of nitrogens with zero attached hydrogens (tertiary/aromatic N) is 1. The van der Waals surface area contributed by atoms with E-state index >= 15 is 0 Å². The zero-order valence-corrected chi connectivity index (χ0v) is 17.7. The summed E-state index contributed by atoms with van der Waals surface area (Å²) < 4.78 is 45.5. The zero-order chi connectivity index (χ0) is 20.0. The van der Waals surface area contributed by atoms with Gasteiger partial charge in [-0.2, -0.15) is 0 Å². The van der Waals surface area contributed by atoms with Crippen LogP contribution >= 0.6 is 0 Å². The normalized spacial score (nSPS) is 19.8. The number of rotatable bonds is 5. The van der Waals surface area contributed by atoms with Gasteiger partial charge in [0.15, 0.2) is 0 Å². The summed E-state index contributed by atoms with van der Waals surface area (Å²) in [7, 11) is -2.97. The molecule has 2 rings (SSSR count). The van der Waals surface area contributed by atoms with Gasteiger partial charge in [-0.25, -0.2) is 13.1 Å². The number of methoxy groups -OCH3 is 1. The highest BCUT2D eigenvalue weighted by Crippen LogP contribution is 2.36. The molecule has 2 heterocycles. The van der Waals surface area contributed by atoms with Gasteiger partial charge in [0.25, 0.3) is 0 Å². The molecule has 1 aromatic heterocycles. The Balaban J connectivity index is 2.47. The number of hydrogen-bond donors (Lipinski definition) is 1. The average molecular weight is 384 g/mol. The van der Waals surface area contributed by atoms with E-state index < -0.39 is 33.9 Å². The molecule has 26 heavy (non-hydrogen) atoms. The summed E-state index contributed by atoms with van der Waals surface area (Å²) in [6.45, 7) is 13.2. The molecule has 0 aromatic carbocycles. The van der Waals surface area contributed by atoms with E-state index in [-0.39, 0.29) is 11.5 Å². The number of nitrogens with one attached hydrogen (secondary N) is 1. The van der Waals surface area contributed by atoms with Crippen LogP contribution in [-0.4, -0.2) is 44.4 Å². The van der Waals surface area contributed by atoms with Gasteiger partial charge in [0.1, 0.15) is 4.90 Å². The van der Waals surface area contributed by atoms with Crippen LogP contribution in [0.4, 0.5) is 0 Å². The van der Waals surface area contributed by atoms with Crippen molar-refractivity contribution in [2.75, 3.05) is 7.11 Å². The lowest BCUT2D eigenvalue weighted by atomic mass is 9.80. The van der Waals surface area contributed by atoms with Crippen LogP contribution in [-0.2, 0) is 30.7 Å². The van der Waals surface area contributed by atoms with Gasteiger partial charge in [0.05, 0.1) is 23.5 Å². The van der Waals surface area contributed by atoms with Crippen molar-refractivity contribution in [3.8, 4) is 0 Å². The lowest BCUT2D eigenvalue weighted by Gasteiger charge is -2.32. The lowest BCUT2D eigenvalue weighted by Crippen LogP contribution is -2.42. The van der Waals surface area contributed by atoms with Crippen molar-refractivity contribution in [3.63, 3.8) is 0 Å². The van der Waals surface area contributed by atoms with Gasteiger partial charge in [-0.05, 0) is 54.5 Å². The molecule has 0 aliphatic carbocycles. The molecule has 1 fully saturated rings. The molecule has 1 aliphatic rings. The first kappa shape index (κ1) is 21.3. The molecule has 1 N–H and O–H groups in total. The maximum atomic E-state index is 12.9. The largest absolute Gasteiger partial charge is 0.496 e. The SMILES string of the molecule is COCc1ncc(B2OC(C)(C)C(C)(C)O2)cc1S(=O)(=O)NC(C)(C)C. The van der Waals surface area contributed by atoms with Crippen LogP contribution in [0.3, 0.4) is 0 Å². The fourth-order valence-corrected chi connectivity index (χ4v) is 4.16. The van der Waals surface area contributed by atoms with Crippen molar-refractivity contribution in [2.24, 2.45) is 0 Å². The van der Waals surface area contributed by atoms with E-state index in [4.69, 9.17) is 14.0 Å². The zero-order valence-electron chi connectivity index (χ0n) is 16.8. The van der Waals surface area contributed by atoms with Crippen LogP contribution in [0.2, 0.25) is 0 Å². The first-order valence-corrected chi connectivity index (χ1v) is 10.0. The molecule has 0 radical (unpaired) electrons. The number of sulfonamides is 1. The van der Waals surface area contributed by atoms with Crippen molar-refractivity contribution in [2.45, 2.75) is 76.7 Å². The number of ether oxygens (including phenoxy) is 1. The summed E-state index contributed by atoms with van der Waals surface area (Å²) in [4.78, 5) is 4.37. The fraction of sp³-hybridized carbons (Fsp3) is 0.706. The molecule has 0 saturated carbocycles. The average Bonchev–Trinajstić information content (AvgIpc) is 2.65. The van der Waals surface area contributed by atoms with E-state index in [9.17, 15) is 8.42 Å². The van der Waals surface area contributed by atoms with Crippen molar-refractivity contribution in [1.82, 2.24) is 9.71 Å². The van der Waals surface area contributed by atoms with Gasteiger partial charge in [-0.3, -0.25) is 4.98 Å². The van der Waals surface area contributed by atoms with Crippen molar-refractivity contribution >= 4 is 22.6 Å². The number of hydrogen-bond acceptors (Lipinski definition) is 6. The molecular weight excluding hydrogens is 355 g/mol. The van der Waals surface area contributed by atoms with E-state index in [1.807, 2.05) is 27.7 Å². The fourth-order valence-electron chi connectivity index (χ4n) is 2.53. The first-order valence-electron chi connectivity index (χ1n) is 8.56. The molecule has 146 valence electrons. The highest BCUT2D eigenvalue weighted by Gasteiger charge is 2.52. The van der Waals surface area contributed by atoms with Gasteiger partial charge >= 0.3 is 7.12 Å². The van der Waals surface area contributed by atoms with Crippen molar-refractivity contribution in [3.05, 3.63) is 18.0 Å². The lowest BCUT2D eigenvalue weighted by molar-refractivity contribution is 0.00578. The van der Waals surface area contributed by atoms with Crippen LogP contribution in [0, 0.1) is 0 Å². The molecule has 1 aromatic rings. The predicted molar refractivity (Wildman–Crippen MR) is 101 cm³/mol. The minimum Gasteiger partial charge on any atom is -0.399 e. The molecule has 1 aliphatic heterocycles. The summed E-state index contributed by atoms with van der Waals surface area (Å²) >= 11 is 0. The Morgan fingerprint density at radius 3 is 2.19 bits per heavy atom. The van der Waals surface area contributed by atoms with E-state index in [0.29, 0.717) is 11.2 Å². The summed E-state index contributed by atoms with van der Waals surface area (Å²) in [6.07, 6.45) is 1.58. The van der Waals surface area contributed by atoms with Crippen LogP contribution in [0.1, 0.15) is 54.2 Å². The Morgan fingerprint density at radius 2 is 1.73 bits per heavy atom. The van der Waals surface area contributed by atoms with Crippen LogP contribution in [0.25, 0.3) is 0 Å². The van der Waals surface area contributed by atoms with Gasteiger partial charge in [-0.1, -0.05) is 0 Å². The summed E-state index contributed by atoms with van der Waals surface area (Å²) in [5.41, 5.74) is -0.775. The minimum absolute atomic E-state index is 0.0708. The van der Waals surface area contributed by atoms with Gasteiger partial charge < -0.3 is 14.0 Å². The topological polar surface area (TPSA) is 86.8 Å². The predicted octanol–water partition coefficient (Wildman–Crippen LogP) is 1.60. The maximum absolute atomic E-state index is 12.9. The third kappa shape index (κ3) is 4.45. The van der Waals surface area contributed by atoms with Crippen LogP contribution < -0.4 is 10.2 Å². The minimum atomic E-state index is -3.78. The molecule has 7 nitrogen and oxygen atoms in total. The second-order valence-corrected chi connectivity index (χ2v) is 10.2. The molecule has 9 heteroatoms. The Morgan fingerprint density at radius 1 is 1.19 bits per heavy atom. The first-order chi connectivity index (χ1) is 11.7. The Hall–Kier alpha value is -0.995. The summed E-state index contributed by atoms with van der Waals surface area (Å²) in [5, 5.41) is 0. The molecule has 1 saturated heterocycles. The van der Waals surface area contributed by atoms with E-state index in [1.54, 1.807) is 33.0 Å². The molecule has 0 bridgehead atoms. The quantitative estimate of drug-likeness (QED) is 0.777. The van der Waals surface area contributed by atoms with Crippen molar-refractivity contribution < 1.29 is 22.5 Å². The molecule has 0 spiro atoms. The molecular formula is C17H29BN2O5S. The van der Waals surface area contributed by atoms with Crippen LogP contribution in [0.5, 0.6) is 0 Å². The molecule has 0 unspecified atom stereocenters. The highest BCUT2D eigenvalue weighted by molar-refractivity contribution is 7.89. The standard InChI is InChI=1S/C17H29BN2O5S/c1-15(2,3)20-26(21,22)14-9-12(10-19-13(14)11-23-8)18-24-16(4,5)17(6,7)25-18/h9-10,20H,11H2,1-8H3. The Kier molecular flexibility index (Phi) is 5.63. The second-order valence-electron chi connectivity index (χ2n) is 8.59. The monoisotopic (exact) mass is 384 g/mol. The Bertz CT molecular complexity index is 756. The van der Waals surface area contributed by atoms with Crippen LogP contribution in [0.15, 0.2) is 17.2 Å². The van der Waals surface area contributed by atoms with Gasteiger partial charge in [0, 0.05) is 24.3 Å². The summed E-state index contributed by atoms with van der Waals surface area (Å²) in [6, 6.07) is 1.55. The second kappa shape index (κ2) is 6.87. The van der Waals surface area contributed by atoms with E-state index in [0.717, 1.165) is 0 Å². The Labute approximate surface area is 157 Å². The van der Waals surface area contributed by atoms with Crippen molar-refractivity contribution in [1.29, 1.82) is 0 Å². The highest BCUT2D eigenvalue weighted by atomic mass is 32.2.